The summed E-state index contributed by atoms with van der Waals surface area (Å²) in [6, 6.07) is 22.3. The van der Waals surface area contributed by atoms with E-state index in [1.807, 2.05) is 33.7 Å². The largest absolute Gasteiger partial charge is 0.358 e. The molecule has 0 aliphatic rings. The number of benzene rings is 3. The molecule has 1 heterocycles. The van der Waals surface area contributed by atoms with Gasteiger partial charge in [0.2, 0.25) is 0 Å². The molecule has 6 nitrogen and oxygen atoms in total. The molecule has 0 spiro atoms. The lowest BCUT2D eigenvalue weighted by Crippen LogP contribution is -2.25. The summed E-state index contributed by atoms with van der Waals surface area (Å²) in [6.45, 7) is 1.44. The van der Waals surface area contributed by atoms with Gasteiger partial charge in [0.15, 0.2) is 5.82 Å². The van der Waals surface area contributed by atoms with Crippen LogP contribution in [0.1, 0.15) is 28.1 Å². The normalized spacial score (nSPS) is 10.5. The van der Waals surface area contributed by atoms with E-state index >= 15 is 0 Å². The third-order valence-electron chi connectivity index (χ3n) is 5.25. The van der Waals surface area contributed by atoms with Crippen molar-refractivity contribution in [2.24, 2.45) is 0 Å². The first-order chi connectivity index (χ1) is 16.5. The summed E-state index contributed by atoms with van der Waals surface area (Å²) in [5.41, 5.74) is 3.90. The average Bonchev–Trinajstić information content (AvgIpc) is 3.28. The Kier molecular flexibility index (Phi) is 7.35. The van der Waals surface area contributed by atoms with Crippen LogP contribution in [0.4, 0.5) is 5.69 Å². The SMILES string of the molecule is N#Cc1ccc(CN(Cc2nncn2Cc2ccc(C#N)cc2)c2cc(Cl)c(Cl)cc2Cl)cc1. The molecule has 0 amide bonds. The van der Waals surface area contributed by atoms with Crippen molar-refractivity contribution in [2.75, 3.05) is 4.90 Å². The maximum absolute atomic E-state index is 9.09. The van der Waals surface area contributed by atoms with Crippen molar-refractivity contribution in [1.82, 2.24) is 14.8 Å². The second-order valence-corrected chi connectivity index (χ2v) is 8.79. The van der Waals surface area contributed by atoms with Crippen LogP contribution in [0.2, 0.25) is 15.1 Å². The molecule has 0 N–H and O–H groups in total. The smallest absolute Gasteiger partial charge is 0.152 e. The Hall–Kier alpha value is -3.55. The van der Waals surface area contributed by atoms with Crippen molar-refractivity contribution >= 4 is 40.5 Å². The lowest BCUT2D eigenvalue weighted by atomic mass is 10.1. The summed E-state index contributed by atoms with van der Waals surface area (Å²) < 4.78 is 1.94. The minimum absolute atomic E-state index is 0.373. The lowest BCUT2D eigenvalue weighted by Gasteiger charge is -2.26. The van der Waals surface area contributed by atoms with Crippen LogP contribution in [0.15, 0.2) is 67.0 Å². The second-order valence-electron chi connectivity index (χ2n) is 7.57. The third-order valence-corrected chi connectivity index (χ3v) is 6.28. The quantitative estimate of drug-likeness (QED) is 0.277. The molecular weight excluding hydrogens is 491 g/mol. The number of hydrogen-bond donors (Lipinski definition) is 0. The molecule has 0 bridgehead atoms. The molecule has 0 saturated heterocycles. The molecule has 9 heteroatoms. The Balaban J connectivity index is 1.65. The van der Waals surface area contributed by atoms with Gasteiger partial charge in [-0.1, -0.05) is 59.1 Å². The highest BCUT2D eigenvalue weighted by atomic mass is 35.5. The summed E-state index contributed by atoms with van der Waals surface area (Å²) in [7, 11) is 0. The predicted octanol–water partition coefficient (Wildman–Crippen LogP) is 6.24. The third kappa shape index (κ3) is 5.50. The average molecular weight is 508 g/mol. The van der Waals surface area contributed by atoms with Gasteiger partial charge in [-0.05, 0) is 47.5 Å². The highest BCUT2D eigenvalue weighted by Gasteiger charge is 2.18. The first kappa shape index (κ1) is 23.6. The molecule has 4 rings (SSSR count). The van der Waals surface area contributed by atoms with E-state index in [9.17, 15) is 0 Å². The molecule has 0 aliphatic carbocycles. The van der Waals surface area contributed by atoms with Gasteiger partial charge < -0.3 is 9.47 Å². The number of rotatable bonds is 7. The van der Waals surface area contributed by atoms with Crippen molar-refractivity contribution in [3.8, 4) is 12.1 Å². The van der Waals surface area contributed by atoms with Crippen LogP contribution < -0.4 is 4.90 Å². The molecule has 4 aromatic rings. The molecule has 0 atom stereocenters. The van der Waals surface area contributed by atoms with Gasteiger partial charge in [0.1, 0.15) is 6.33 Å². The van der Waals surface area contributed by atoms with Gasteiger partial charge in [-0.2, -0.15) is 10.5 Å². The predicted molar refractivity (Wildman–Crippen MR) is 133 cm³/mol. The second kappa shape index (κ2) is 10.6. The van der Waals surface area contributed by atoms with E-state index in [0.717, 1.165) is 17.0 Å². The topological polar surface area (TPSA) is 81.5 Å². The molecule has 0 fully saturated rings. The Morgan fingerprint density at radius 3 is 1.97 bits per heavy atom. The Morgan fingerprint density at radius 1 is 0.765 bits per heavy atom. The maximum Gasteiger partial charge on any atom is 0.152 e. The van der Waals surface area contributed by atoms with Gasteiger partial charge in [-0.15, -0.1) is 10.2 Å². The molecular formula is C25H17Cl3N6. The van der Waals surface area contributed by atoms with Gasteiger partial charge in [-0.25, -0.2) is 0 Å². The zero-order valence-corrected chi connectivity index (χ0v) is 20.1. The molecule has 0 saturated carbocycles. The van der Waals surface area contributed by atoms with Crippen LogP contribution in [0.25, 0.3) is 0 Å². The zero-order valence-electron chi connectivity index (χ0n) is 17.8. The van der Waals surface area contributed by atoms with Gasteiger partial charge in [0.25, 0.3) is 0 Å². The van der Waals surface area contributed by atoms with E-state index in [2.05, 4.69) is 22.3 Å². The van der Waals surface area contributed by atoms with Crippen LogP contribution >= 0.6 is 34.8 Å². The maximum atomic E-state index is 9.09. The van der Waals surface area contributed by atoms with Crippen LogP contribution in [0.3, 0.4) is 0 Å². The number of hydrogen-bond acceptors (Lipinski definition) is 5. The monoisotopic (exact) mass is 506 g/mol. The number of nitrogens with zero attached hydrogens (tertiary/aromatic N) is 6. The Morgan fingerprint density at radius 2 is 1.35 bits per heavy atom. The van der Waals surface area contributed by atoms with E-state index in [1.165, 1.54) is 0 Å². The molecule has 168 valence electrons. The number of anilines is 1. The summed E-state index contributed by atoms with van der Waals surface area (Å²) in [5.74, 6) is 0.722. The van der Waals surface area contributed by atoms with Gasteiger partial charge in [0.05, 0.1) is 57.1 Å². The van der Waals surface area contributed by atoms with Gasteiger partial charge >= 0.3 is 0 Å². The molecule has 34 heavy (non-hydrogen) atoms. The first-order valence-electron chi connectivity index (χ1n) is 10.2. The minimum Gasteiger partial charge on any atom is -0.358 e. The van der Waals surface area contributed by atoms with Crippen LogP contribution in [0, 0.1) is 22.7 Å². The van der Waals surface area contributed by atoms with E-state index in [0.29, 0.717) is 51.5 Å². The minimum atomic E-state index is 0.373. The number of nitriles is 2. The molecule has 0 unspecified atom stereocenters. The molecule has 3 aromatic carbocycles. The molecule has 0 aliphatic heterocycles. The van der Waals surface area contributed by atoms with E-state index in [1.54, 1.807) is 42.7 Å². The summed E-state index contributed by atoms with van der Waals surface area (Å²) >= 11 is 19.0. The van der Waals surface area contributed by atoms with Crippen molar-refractivity contribution in [3.63, 3.8) is 0 Å². The summed E-state index contributed by atoms with van der Waals surface area (Å²) in [6.07, 6.45) is 1.67. The Bertz CT molecular complexity index is 1380. The van der Waals surface area contributed by atoms with Crippen molar-refractivity contribution in [3.05, 3.63) is 110 Å². The summed E-state index contributed by atoms with van der Waals surface area (Å²) in [5, 5.41) is 27.8. The highest BCUT2D eigenvalue weighted by Crippen LogP contribution is 2.36. The molecule has 0 radical (unpaired) electrons. The fourth-order valence-electron chi connectivity index (χ4n) is 3.47. The van der Waals surface area contributed by atoms with Crippen LogP contribution in [-0.4, -0.2) is 14.8 Å². The van der Waals surface area contributed by atoms with E-state index in [-0.39, 0.29) is 0 Å². The van der Waals surface area contributed by atoms with Crippen LogP contribution in [0.5, 0.6) is 0 Å². The van der Waals surface area contributed by atoms with E-state index < -0.39 is 0 Å². The van der Waals surface area contributed by atoms with Crippen molar-refractivity contribution < 1.29 is 0 Å². The number of halogens is 3. The van der Waals surface area contributed by atoms with Gasteiger partial charge in [-0.3, -0.25) is 0 Å². The van der Waals surface area contributed by atoms with Crippen molar-refractivity contribution in [2.45, 2.75) is 19.6 Å². The van der Waals surface area contributed by atoms with Crippen LogP contribution in [-0.2, 0) is 19.6 Å². The zero-order chi connectivity index (χ0) is 24.1. The van der Waals surface area contributed by atoms with Crippen molar-refractivity contribution in [1.29, 1.82) is 10.5 Å². The standard InChI is InChI=1S/C25H17Cl3N6/c26-21-9-23(28)24(10-22(21)27)33(13-19-5-1-17(11-29)2-6-19)15-25-32-31-16-34(25)14-20-7-3-18(12-30)4-8-20/h1-10,16H,13-15H2. The fraction of sp³-hybridized carbons (Fsp3) is 0.120. The lowest BCUT2D eigenvalue weighted by molar-refractivity contribution is 0.680. The first-order valence-corrected chi connectivity index (χ1v) is 11.3. The summed E-state index contributed by atoms with van der Waals surface area (Å²) in [4.78, 5) is 2.03. The Labute approximate surface area is 212 Å². The van der Waals surface area contributed by atoms with Gasteiger partial charge in [0, 0.05) is 6.54 Å². The number of aromatic nitrogens is 3. The van der Waals surface area contributed by atoms with E-state index in [4.69, 9.17) is 45.3 Å². The molecule has 1 aromatic heterocycles. The highest BCUT2D eigenvalue weighted by molar-refractivity contribution is 6.44. The fourth-order valence-corrected chi connectivity index (χ4v) is 4.13.